The summed E-state index contributed by atoms with van der Waals surface area (Å²) < 4.78 is 5.33. The monoisotopic (exact) mass is 223 g/mol. The molecule has 2 unspecified atom stereocenters. The number of aliphatic hydroxyl groups excluding tert-OH is 1. The second kappa shape index (κ2) is 6.51. The van der Waals surface area contributed by atoms with Gasteiger partial charge in [-0.25, -0.2) is 0 Å². The summed E-state index contributed by atoms with van der Waals surface area (Å²) in [6.45, 7) is 2.21. The highest BCUT2D eigenvalue weighted by molar-refractivity contribution is 5.37. The minimum absolute atomic E-state index is 0.0587. The Bertz CT molecular complexity index is 315. The number of para-hydroxylation sites is 1. The summed E-state index contributed by atoms with van der Waals surface area (Å²) in [4.78, 5) is 0. The number of aliphatic hydroxyl groups is 1. The molecule has 3 heteroatoms. The predicted molar refractivity (Wildman–Crippen MR) is 65.7 cm³/mol. The van der Waals surface area contributed by atoms with Gasteiger partial charge in [-0.15, -0.1) is 0 Å². The highest BCUT2D eigenvalue weighted by Gasteiger charge is 2.20. The number of methoxy groups -OCH3 is 1. The standard InChI is InChI=1S/C13H21NO2/c1-3-12(14)10(8-9-15)11-6-4-5-7-13(11)16-2/h4-7,10,12,15H,3,8-9,14H2,1-2H3. The normalized spacial score (nSPS) is 14.5. The Morgan fingerprint density at radius 3 is 2.62 bits per heavy atom. The molecular weight excluding hydrogens is 202 g/mol. The molecule has 0 spiro atoms. The van der Waals surface area contributed by atoms with Crippen molar-refractivity contribution < 1.29 is 9.84 Å². The Kier molecular flexibility index (Phi) is 5.29. The first-order chi connectivity index (χ1) is 7.74. The number of rotatable bonds is 6. The van der Waals surface area contributed by atoms with Gasteiger partial charge < -0.3 is 15.6 Å². The van der Waals surface area contributed by atoms with Crippen LogP contribution in [0.4, 0.5) is 0 Å². The summed E-state index contributed by atoms with van der Waals surface area (Å²) in [7, 11) is 1.66. The van der Waals surface area contributed by atoms with E-state index in [2.05, 4.69) is 6.92 Å². The molecule has 0 radical (unpaired) electrons. The average Bonchev–Trinajstić information content (AvgIpc) is 2.35. The van der Waals surface area contributed by atoms with Crippen LogP contribution in [-0.4, -0.2) is 24.9 Å². The largest absolute Gasteiger partial charge is 0.496 e. The molecule has 0 aliphatic heterocycles. The Morgan fingerprint density at radius 1 is 1.38 bits per heavy atom. The van der Waals surface area contributed by atoms with Crippen molar-refractivity contribution in [2.45, 2.75) is 31.7 Å². The SMILES string of the molecule is CCC(N)C(CCO)c1ccccc1OC. The molecule has 0 aliphatic carbocycles. The first kappa shape index (κ1) is 13.0. The first-order valence-corrected chi connectivity index (χ1v) is 5.73. The molecule has 0 aromatic heterocycles. The van der Waals surface area contributed by atoms with E-state index < -0.39 is 0 Å². The quantitative estimate of drug-likeness (QED) is 0.774. The van der Waals surface area contributed by atoms with E-state index in [0.717, 1.165) is 17.7 Å². The molecule has 3 N–H and O–H groups in total. The van der Waals surface area contributed by atoms with Gasteiger partial charge in [-0.1, -0.05) is 25.1 Å². The fourth-order valence-corrected chi connectivity index (χ4v) is 2.00. The third-order valence-corrected chi connectivity index (χ3v) is 2.97. The molecule has 0 saturated heterocycles. The van der Waals surface area contributed by atoms with Gasteiger partial charge in [-0.3, -0.25) is 0 Å². The van der Waals surface area contributed by atoms with Crippen LogP contribution >= 0.6 is 0 Å². The van der Waals surface area contributed by atoms with E-state index in [0.29, 0.717) is 6.42 Å². The Morgan fingerprint density at radius 2 is 2.06 bits per heavy atom. The molecule has 0 heterocycles. The molecule has 0 bridgehead atoms. The molecule has 16 heavy (non-hydrogen) atoms. The number of hydrogen-bond donors (Lipinski definition) is 2. The van der Waals surface area contributed by atoms with Gasteiger partial charge in [0.25, 0.3) is 0 Å². The van der Waals surface area contributed by atoms with Crippen LogP contribution in [0.5, 0.6) is 5.75 Å². The van der Waals surface area contributed by atoms with E-state index in [-0.39, 0.29) is 18.6 Å². The van der Waals surface area contributed by atoms with Crippen LogP contribution in [0.15, 0.2) is 24.3 Å². The van der Waals surface area contributed by atoms with Crippen molar-refractivity contribution in [2.75, 3.05) is 13.7 Å². The molecular formula is C13H21NO2. The molecule has 0 amide bonds. The van der Waals surface area contributed by atoms with Gasteiger partial charge in [-0.2, -0.15) is 0 Å². The van der Waals surface area contributed by atoms with Crippen LogP contribution < -0.4 is 10.5 Å². The van der Waals surface area contributed by atoms with Gasteiger partial charge in [-0.05, 0) is 24.5 Å². The number of nitrogens with two attached hydrogens (primary N) is 1. The average molecular weight is 223 g/mol. The Hall–Kier alpha value is -1.06. The van der Waals surface area contributed by atoms with E-state index in [1.54, 1.807) is 7.11 Å². The van der Waals surface area contributed by atoms with Gasteiger partial charge in [0.15, 0.2) is 0 Å². The van der Waals surface area contributed by atoms with Gasteiger partial charge >= 0.3 is 0 Å². The smallest absolute Gasteiger partial charge is 0.122 e. The summed E-state index contributed by atoms with van der Waals surface area (Å²) in [5.74, 6) is 1.01. The van der Waals surface area contributed by atoms with E-state index in [9.17, 15) is 0 Å². The summed E-state index contributed by atoms with van der Waals surface area (Å²) >= 11 is 0. The lowest BCUT2D eigenvalue weighted by atomic mass is 9.87. The lowest BCUT2D eigenvalue weighted by Gasteiger charge is -2.24. The molecule has 0 saturated carbocycles. The van der Waals surface area contributed by atoms with E-state index in [1.165, 1.54) is 0 Å². The predicted octanol–water partition coefficient (Wildman–Crippen LogP) is 1.90. The first-order valence-electron chi connectivity index (χ1n) is 5.73. The maximum Gasteiger partial charge on any atom is 0.122 e. The van der Waals surface area contributed by atoms with Crippen LogP contribution in [0.25, 0.3) is 0 Å². The Balaban J connectivity index is 2.99. The zero-order valence-corrected chi connectivity index (χ0v) is 10.0. The minimum atomic E-state index is 0.0587. The second-order valence-electron chi connectivity index (χ2n) is 3.93. The van der Waals surface area contributed by atoms with Crippen LogP contribution in [0, 0.1) is 0 Å². The van der Waals surface area contributed by atoms with Gasteiger partial charge in [0.05, 0.1) is 7.11 Å². The molecule has 3 nitrogen and oxygen atoms in total. The fourth-order valence-electron chi connectivity index (χ4n) is 2.00. The van der Waals surface area contributed by atoms with Crippen LogP contribution in [0.2, 0.25) is 0 Å². The molecule has 0 fully saturated rings. The van der Waals surface area contributed by atoms with Gasteiger partial charge in [0.1, 0.15) is 5.75 Å². The van der Waals surface area contributed by atoms with Gasteiger partial charge in [0, 0.05) is 18.6 Å². The van der Waals surface area contributed by atoms with Crippen molar-refractivity contribution in [3.8, 4) is 5.75 Å². The molecule has 1 aromatic carbocycles. The van der Waals surface area contributed by atoms with Crippen molar-refractivity contribution in [1.82, 2.24) is 0 Å². The Labute approximate surface area is 97.2 Å². The fraction of sp³-hybridized carbons (Fsp3) is 0.538. The van der Waals surface area contributed by atoms with Crippen molar-refractivity contribution >= 4 is 0 Å². The van der Waals surface area contributed by atoms with Crippen LogP contribution in [0.3, 0.4) is 0 Å². The van der Waals surface area contributed by atoms with Crippen molar-refractivity contribution in [3.05, 3.63) is 29.8 Å². The third-order valence-electron chi connectivity index (χ3n) is 2.97. The lowest BCUT2D eigenvalue weighted by molar-refractivity contribution is 0.264. The topological polar surface area (TPSA) is 55.5 Å². The molecule has 2 atom stereocenters. The highest BCUT2D eigenvalue weighted by atomic mass is 16.5. The number of benzene rings is 1. The number of ether oxygens (including phenoxy) is 1. The lowest BCUT2D eigenvalue weighted by Crippen LogP contribution is -2.28. The van der Waals surface area contributed by atoms with Gasteiger partial charge in [0.2, 0.25) is 0 Å². The highest BCUT2D eigenvalue weighted by Crippen LogP contribution is 2.31. The summed E-state index contributed by atoms with van der Waals surface area (Å²) in [6, 6.07) is 7.93. The molecule has 90 valence electrons. The molecule has 0 aliphatic rings. The molecule has 1 rings (SSSR count). The zero-order valence-electron chi connectivity index (χ0n) is 10.0. The third kappa shape index (κ3) is 2.97. The van der Waals surface area contributed by atoms with E-state index >= 15 is 0 Å². The van der Waals surface area contributed by atoms with E-state index in [1.807, 2.05) is 24.3 Å². The van der Waals surface area contributed by atoms with Crippen molar-refractivity contribution in [2.24, 2.45) is 5.73 Å². The maximum absolute atomic E-state index is 9.11. The van der Waals surface area contributed by atoms with Crippen molar-refractivity contribution in [3.63, 3.8) is 0 Å². The van der Waals surface area contributed by atoms with Crippen molar-refractivity contribution in [1.29, 1.82) is 0 Å². The molecule has 1 aromatic rings. The second-order valence-corrected chi connectivity index (χ2v) is 3.93. The van der Waals surface area contributed by atoms with Crippen LogP contribution in [0.1, 0.15) is 31.2 Å². The maximum atomic E-state index is 9.11. The zero-order chi connectivity index (χ0) is 12.0. The summed E-state index contributed by atoms with van der Waals surface area (Å²) in [5.41, 5.74) is 7.18. The minimum Gasteiger partial charge on any atom is -0.496 e. The summed E-state index contributed by atoms with van der Waals surface area (Å²) in [6.07, 6.45) is 1.57. The number of hydrogen-bond acceptors (Lipinski definition) is 3. The summed E-state index contributed by atoms with van der Waals surface area (Å²) in [5, 5.41) is 9.11. The van der Waals surface area contributed by atoms with Crippen LogP contribution in [-0.2, 0) is 0 Å². The van der Waals surface area contributed by atoms with E-state index in [4.69, 9.17) is 15.6 Å².